The van der Waals surface area contributed by atoms with E-state index in [-0.39, 0.29) is 24.7 Å². The Morgan fingerprint density at radius 3 is 2.16 bits per heavy atom. The number of ketones is 2. The Hall–Kier alpha value is -3.84. The fourth-order valence-electron chi connectivity index (χ4n) is 3.16. The van der Waals surface area contributed by atoms with Crippen LogP contribution in [0.15, 0.2) is 66.7 Å². The first-order chi connectivity index (χ1) is 15.3. The van der Waals surface area contributed by atoms with Gasteiger partial charge in [-0.15, -0.1) is 0 Å². The summed E-state index contributed by atoms with van der Waals surface area (Å²) in [6.45, 7) is 1.79. The van der Waals surface area contributed by atoms with Gasteiger partial charge in [0, 0.05) is 22.6 Å². The molecule has 3 aromatic rings. The van der Waals surface area contributed by atoms with Gasteiger partial charge in [0.2, 0.25) is 0 Å². The molecule has 0 amide bonds. The molecule has 3 rings (SSSR count). The van der Waals surface area contributed by atoms with Crippen LogP contribution in [0.5, 0.6) is 5.75 Å². The Labute approximate surface area is 187 Å². The molecule has 0 aromatic heterocycles. The lowest BCUT2D eigenvalue weighted by molar-refractivity contribution is -0.123. The smallest absolute Gasteiger partial charge is 0.187 e. The topological polar surface area (TPSA) is 133 Å². The van der Waals surface area contributed by atoms with Crippen molar-refractivity contribution in [1.29, 1.82) is 0 Å². The first-order valence-electron chi connectivity index (χ1n) is 10.3. The number of nitrogen functional groups attached to an aromatic ring is 3. The van der Waals surface area contributed by atoms with E-state index < -0.39 is 6.04 Å². The van der Waals surface area contributed by atoms with Crippen molar-refractivity contribution in [3.8, 4) is 5.75 Å². The van der Waals surface area contributed by atoms with E-state index in [9.17, 15) is 9.59 Å². The molecular weight excluding hydrogens is 404 g/mol. The second-order valence-corrected chi connectivity index (χ2v) is 7.70. The minimum atomic E-state index is -0.622. The zero-order chi connectivity index (χ0) is 23.1. The van der Waals surface area contributed by atoms with Gasteiger partial charge in [0.15, 0.2) is 11.6 Å². The lowest BCUT2D eigenvalue weighted by atomic mass is 10.00. The third kappa shape index (κ3) is 6.33. The summed E-state index contributed by atoms with van der Waals surface area (Å²) in [4.78, 5) is 25.5. The van der Waals surface area contributed by atoms with Crippen LogP contribution in [-0.2, 0) is 11.2 Å². The molecule has 3 aromatic carbocycles. The maximum Gasteiger partial charge on any atom is 0.187 e. The van der Waals surface area contributed by atoms with E-state index in [2.05, 4.69) is 5.32 Å². The molecule has 0 spiro atoms. The number of benzene rings is 3. The average Bonchev–Trinajstić information content (AvgIpc) is 2.78. The minimum Gasteiger partial charge on any atom is -0.486 e. The van der Waals surface area contributed by atoms with Gasteiger partial charge in [-0.2, -0.15) is 0 Å². The monoisotopic (exact) mass is 432 g/mol. The molecular formula is C25H28N4O3. The van der Waals surface area contributed by atoms with Gasteiger partial charge in [-0.3, -0.25) is 14.9 Å². The van der Waals surface area contributed by atoms with Crippen LogP contribution in [0.25, 0.3) is 0 Å². The zero-order valence-corrected chi connectivity index (χ0v) is 18.0. The van der Waals surface area contributed by atoms with E-state index in [0.29, 0.717) is 34.8 Å². The highest BCUT2D eigenvalue weighted by molar-refractivity contribution is 5.98. The number of carbonyl (C=O) groups excluding carboxylic acids is 2. The Bertz CT molecular complexity index is 1080. The molecule has 32 heavy (non-hydrogen) atoms. The van der Waals surface area contributed by atoms with Crippen LogP contribution >= 0.6 is 0 Å². The summed E-state index contributed by atoms with van der Waals surface area (Å²) >= 11 is 0. The normalized spacial score (nSPS) is 11.7. The highest BCUT2D eigenvalue weighted by Crippen LogP contribution is 2.16. The van der Waals surface area contributed by atoms with Crippen molar-refractivity contribution in [3.63, 3.8) is 0 Å². The summed E-state index contributed by atoms with van der Waals surface area (Å²) in [6, 6.07) is 18.6. The Morgan fingerprint density at radius 2 is 1.53 bits per heavy atom. The van der Waals surface area contributed by atoms with Crippen molar-refractivity contribution in [1.82, 2.24) is 5.32 Å². The van der Waals surface area contributed by atoms with Crippen molar-refractivity contribution in [2.24, 2.45) is 0 Å². The van der Waals surface area contributed by atoms with E-state index >= 15 is 0 Å². The van der Waals surface area contributed by atoms with E-state index in [1.54, 1.807) is 48.5 Å². The van der Waals surface area contributed by atoms with E-state index in [4.69, 9.17) is 21.9 Å². The molecule has 0 aliphatic carbocycles. The number of anilines is 3. The molecule has 0 aliphatic rings. The molecule has 0 aliphatic heterocycles. The van der Waals surface area contributed by atoms with Crippen molar-refractivity contribution < 1.29 is 14.3 Å². The van der Waals surface area contributed by atoms with E-state index in [1.165, 1.54) is 0 Å². The Balaban J connectivity index is 1.69. The predicted octanol–water partition coefficient (Wildman–Crippen LogP) is 2.77. The fourth-order valence-corrected chi connectivity index (χ4v) is 3.16. The lowest BCUT2D eigenvalue weighted by Crippen LogP contribution is -2.43. The SMILES string of the molecule is Cc1ccc(CC(NCC(=O)c2ccc(N)cc2)C(=O)COc2ccc(N)cc2)cc1N. The maximum absolute atomic E-state index is 13.0. The highest BCUT2D eigenvalue weighted by atomic mass is 16.5. The molecule has 7 nitrogen and oxygen atoms in total. The van der Waals surface area contributed by atoms with Crippen LogP contribution in [0.4, 0.5) is 17.1 Å². The molecule has 0 heterocycles. The summed E-state index contributed by atoms with van der Waals surface area (Å²) in [5.41, 5.74) is 21.6. The zero-order valence-electron chi connectivity index (χ0n) is 18.0. The molecule has 0 fully saturated rings. The number of hydrogen-bond donors (Lipinski definition) is 4. The second-order valence-electron chi connectivity index (χ2n) is 7.70. The summed E-state index contributed by atoms with van der Waals surface area (Å²) in [6.07, 6.45) is 0.378. The number of Topliss-reactive ketones (excluding diaryl/α,β-unsaturated/α-hetero) is 2. The molecule has 0 bridgehead atoms. The minimum absolute atomic E-state index is 0.00351. The third-order valence-electron chi connectivity index (χ3n) is 5.18. The van der Waals surface area contributed by atoms with Gasteiger partial charge in [0.25, 0.3) is 0 Å². The molecule has 1 atom stereocenters. The number of aryl methyl sites for hydroxylation is 1. The van der Waals surface area contributed by atoms with Crippen molar-refractivity contribution in [2.45, 2.75) is 19.4 Å². The van der Waals surface area contributed by atoms with Crippen LogP contribution in [0.2, 0.25) is 0 Å². The van der Waals surface area contributed by atoms with Gasteiger partial charge in [-0.05, 0) is 79.1 Å². The number of ether oxygens (including phenoxy) is 1. The van der Waals surface area contributed by atoms with Gasteiger partial charge in [-0.25, -0.2) is 0 Å². The number of carbonyl (C=O) groups is 2. The molecule has 166 valence electrons. The van der Waals surface area contributed by atoms with Gasteiger partial charge < -0.3 is 21.9 Å². The molecule has 7 N–H and O–H groups in total. The first-order valence-corrected chi connectivity index (χ1v) is 10.3. The van der Waals surface area contributed by atoms with Crippen molar-refractivity contribution in [3.05, 3.63) is 83.4 Å². The molecule has 0 saturated carbocycles. The summed E-state index contributed by atoms with van der Waals surface area (Å²) < 4.78 is 5.62. The molecule has 7 heteroatoms. The second kappa shape index (κ2) is 10.5. The number of hydrogen-bond acceptors (Lipinski definition) is 7. The number of nitrogens with two attached hydrogens (primary N) is 3. The molecule has 0 radical (unpaired) electrons. The van der Waals surface area contributed by atoms with Crippen LogP contribution < -0.4 is 27.3 Å². The Kier molecular flexibility index (Phi) is 7.46. The summed E-state index contributed by atoms with van der Waals surface area (Å²) in [7, 11) is 0. The summed E-state index contributed by atoms with van der Waals surface area (Å²) in [5, 5.41) is 3.09. The summed E-state index contributed by atoms with van der Waals surface area (Å²) in [5.74, 6) is 0.237. The van der Waals surface area contributed by atoms with Crippen molar-refractivity contribution in [2.75, 3.05) is 30.4 Å². The third-order valence-corrected chi connectivity index (χ3v) is 5.18. The number of rotatable bonds is 10. The average molecular weight is 433 g/mol. The largest absolute Gasteiger partial charge is 0.486 e. The van der Waals surface area contributed by atoms with E-state index in [1.807, 2.05) is 25.1 Å². The van der Waals surface area contributed by atoms with Crippen molar-refractivity contribution >= 4 is 28.6 Å². The van der Waals surface area contributed by atoms with Crippen LogP contribution in [0.3, 0.4) is 0 Å². The van der Waals surface area contributed by atoms with Gasteiger partial charge >= 0.3 is 0 Å². The quantitative estimate of drug-likeness (QED) is 0.286. The van der Waals surface area contributed by atoms with Crippen LogP contribution in [0, 0.1) is 6.92 Å². The highest BCUT2D eigenvalue weighted by Gasteiger charge is 2.21. The van der Waals surface area contributed by atoms with Gasteiger partial charge in [0.05, 0.1) is 12.6 Å². The van der Waals surface area contributed by atoms with Gasteiger partial charge in [0.1, 0.15) is 12.4 Å². The van der Waals surface area contributed by atoms with Crippen LogP contribution in [0.1, 0.15) is 21.5 Å². The van der Waals surface area contributed by atoms with Gasteiger partial charge in [-0.1, -0.05) is 12.1 Å². The Morgan fingerprint density at radius 1 is 0.906 bits per heavy atom. The first kappa shape index (κ1) is 22.8. The van der Waals surface area contributed by atoms with E-state index in [0.717, 1.165) is 11.1 Å². The maximum atomic E-state index is 13.0. The lowest BCUT2D eigenvalue weighted by Gasteiger charge is -2.18. The predicted molar refractivity (Wildman–Crippen MR) is 128 cm³/mol. The number of nitrogens with one attached hydrogen (secondary N) is 1. The molecule has 0 saturated heterocycles. The molecule has 1 unspecified atom stereocenters. The standard InChI is InChI=1S/C25H28N4O3/c1-16-2-3-17(12-22(16)28)13-23(25(31)15-32-21-10-8-20(27)9-11-21)29-14-24(30)18-4-6-19(26)7-5-18/h2-12,23,29H,13-15,26-28H2,1H3. The fraction of sp³-hybridized carbons (Fsp3) is 0.200. The van der Waals surface area contributed by atoms with Crippen LogP contribution in [-0.4, -0.2) is 30.8 Å².